The van der Waals surface area contributed by atoms with E-state index in [2.05, 4.69) is 16.0 Å². The highest BCUT2D eigenvalue weighted by Gasteiger charge is 2.25. The lowest BCUT2D eigenvalue weighted by atomic mass is 10.0. The summed E-state index contributed by atoms with van der Waals surface area (Å²) in [5.41, 5.74) is 12.1. The van der Waals surface area contributed by atoms with Gasteiger partial charge in [0.05, 0.1) is 18.9 Å². The molecule has 0 saturated carbocycles. The number of ether oxygens (including phenoxy) is 1. The number of aryl methyl sites for hydroxylation is 1. The zero-order chi connectivity index (χ0) is 21.5. The number of carbonyl (C=O) groups excluding carboxylic acids is 1. The summed E-state index contributed by atoms with van der Waals surface area (Å²) in [4.78, 5) is 23.4. The number of hydrogen-bond donors (Lipinski definition) is 1. The van der Waals surface area contributed by atoms with E-state index in [9.17, 15) is 4.79 Å². The van der Waals surface area contributed by atoms with Gasteiger partial charge in [-0.15, -0.1) is 0 Å². The Morgan fingerprint density at radius 2 is 2.06 bits per heavy atom. The smallest absolute Gasteiger partial charge is 0.231 e. The SMILES string of the molecule is COc1cccc(CC(=O)N2CCc3cc(-c4cn(C)c5ncnc(N)c45)ccc32)c1. The summed E-state index contributed by atoms with van der Waals surface area (Å²) in [5, 5.41) is 0.855. The van der Waals surface area contributed by atoms with Crippen LogP contribution in [0, 0.1) is 0 Å². The number of nitrogens with zero attached hydrogens (tertiary/aromatic N) is 4. The minimum absolute atomic E-state index is 0.0857. The molecule has 0 aliphatic carbocycles. The molecular formula is C24H23N5O2. The van der Waals surface area contributed by atoms with Crippen molar-refractivity contribution in [1.82, 2.24) is 14.5 Å². The van der Waals surface area contributed by atoms with Crippen LogP contribution in [-0.4, -0.2) is 34.1 Å². The molecule has 3 heterocycles. The summed E-state index contributed by atoms with van der Waals surface area (Å²) in [6, 6.07) is 13.9. The van der Waals surface area contributed by atoms with Crippen LogP contribution in [0.5, 0.6) is 5.75 Å². The molecule has 0 spiro atoms. The number of nitrogens with two attached hydrogens (primary N) is 1. The second kappa shape index (κ2) is 7.43. The van der Waals surface area contributed by atoms with Gasteiger partial charge in [0, 0.05) is 31.0 Å². The van der Waals surface area contributed by atoms with Gasteiger partial charge in [0.1, 0.15) is 23.5 Å². The monoisotopic (exact) mass is 413 g/mol. The van der Waals surface area contributed by atoms with Crippen molar-refractivity contribution >= 4 is 28.4 Å². The van der Waals surface area contributed by atoms with E-state index in [4.69, 9.17) is 10.5 Å². The number of amides is 1. The van der Waals surface area contributed by atoms with Crippen molar-refractivity contribution in [3.8, 4) is 16.9 Å². The van der Waals surface area contributed by atoms with Crippen molar-refractivity contribution in [3.05, 3.63) is 66.1 Å². The zero-order valence-electron chi connectivity index (χ0n) is 17.5. The van der Waals surface area contributed by atoms with Gasteiger partial charge in [0.15, 0.2) is 0 Å². The Bertz CT molecular complexity index is 1310. The molecule has 4 aromatic rings. The second-order valence-electron chi connectivity index (χ2n) is 7.78. The normalized spacial score (nSPS) is 12.9. The Morgan fingerprint density at radius 3 is 2.90 bits per heavy atom. The number of methoxy groups -OCH3 is 1. The molecule has 2 aromatic carbocycles. The topological polar surface area (TPSA) is 86.3 Å². The third kappa shape index (κ3) is 3.28. The molecule has 0 fully saturated rings. The van der Waals surface area contributed by atoms with E-state index in [-0.39, 0.29) is 5.91 Å². The van der Waals surface area contributed by atoms with Crippen LogP contribution in [0.4, 0.5) is 11.5 Å². The molecule has 0 unspecified atom stereocenters. The van der Waals surface area contributed by atoms with Crippen molar-refractivity contribution in [2.24, 2.45) is 7.05 Å². The van der Waals surface area contributed by atoms with Gasteiger partial charge in [0.25, 0.3) is 0 Å². The van der Waals surface area contributed by atoms with Crippen LogP contribution in [0.25, 0.3) is 22.2 Å². The number of nitrogen functional groups attached to an aromatic ring is 1. The van der Waals surface area contributed by atoms with E-state index in [0.717, 1.165) is 51.1 Å². The summed E-state index contributed by atoms with van der Waals surface area (Å²) < 4.78 is 7.23. The van der Waals surface area contributed by atoms with E-state index in [1.807, 2.05) is 59.1 Å². The molecule has 5 rings (SSSR count). The molecular weight excluding hydrogens is 390 g/mol. The molecule has 156 valence electrons. The molecule has 1 amide bonds. The highest BCUT2D eigenvalue weighted by atomic mass is 16.5. The molecule has 0 atom stereocenters. The van der Waals surface area contributed by atoms with Gasteiger partial charge >= 0.3 is 0 Å². The van der Waals surface area contributed by atoms with E-state index in [0.29, 0.717) is 18.8 Å². The van der Waals surface area contributed by atoms with Gasteiger partial charge in [-0.3, -0.25) is 4.79 Å². The molecule has 0 saturated heterocycles. The largest absolute Gasteiger partial charge is 0.497 e. The lowest BCUT2D eigenvalue weighted by molar-refractivity contribution is -0.117. The molecule has 1 aliphatic heterocycles. The predicted molar refractivity (Wildman–Crippen MR) is 121 cm³/mol. The van der Waals surface area contributed by atoms with E-state index < -0.39 is 0 Å². The molecule has 0 bridgehead atoms. The van der Waals surface area contributed by atoms with Crippen molar-refractivity contribution in [2.45, 2.75) is 12.8 Å². The maximum atomic E-state index is 13.0. The summed E-state index contributed by atoms with van der Waals surface area (Å²) in [5.74, 6) is 1.31. The summed E-state index contributed by atoms with van der Waals surface area (Å²) in [6.07, 6.45) is 4.67. The van der Waals surface area contributed by atoms with Gasteiger partial charge in [-0.25, -0.2) is 9.97 Å². The van der Waals surface area contributed by atoms with Crippen LogP contribution < -0.4 is 15.4 Å². The fourth-order valence-electron chi connectivity index (χ4n) is 4.33. The van der Waals surface area contributed by atoms with Gasteiger partial charge in [0.2, 0.25) is 5.91 Å². The lowest BCUT2D eigenvalue weighted by Crippen LogP contribution is -2.30. The van der Waals surface area contributed by atoms with Crippen LogP contribution in [-0.2, 0) is 24.7 Å². The number of aromatic nitrogens is 3. The van der Waals surface area contributed by atoms with Crippen LogP contribution >= 0.6 is 0 Å². The average Bonchev–Trinajstić information content (AvgIpc) is 3.35. The van der Waals surface area contributed by atoms with Gasteiger partial charge in [-0.05, 0) is 47.4 Å². The van der Waals surface area contributed by atoms with Crippen molar-refractivity contribution in [3.63, 3.8) is 0 Å². The van der Waals surface area contributed by atoms with Crippen LogP contribution in [0.3, 0.4) is 0 Å². The molecule has 0 radical (unpaired) electrons. The Morgan fingerprint density at radius 1 is 1.19 bits per heavy atom. The number of hydrogen-bond acceptors (Lipinski definition) is 5. The minimum Gasteiger partial charge on any atom is -0.497 e. The third-order valence-corrected chi connectivity index (χ3v) is 5.86. The Balaban J connectivity index is 1.45. The van der Waals surface area contributed by atoms with Crippen LogP contribution in [0.1, 0.15) is 11.1 Å². The number of fused-ring (bicyclic) bond motifs is 2. The van der Waals surface area contributed by atoms with Crippen molar-refractivity contribution in [2.75, 3.05) is 24.3 Å². The van der Waals surface area contributed by atoms with Gasteiger partial charge in [-0.2, -0.15) is 0 Å². The maximum Gasteiger partial charge on any atom is 0.231 e. The van der Waals surface area contributed by atoms with Crippen molar-refractivity contribution < 1.29 is 9.53 Å². The Kier molecular flexibility index (Phi) is 4.58. The first-order valence-electron chi connectivity index (χ1n) is 10.2. The molecule has 1 aliphatic rings. The van der Waals surface area contributed by atoms with E-state index in [1.165, 1.54) is 6.33 Å². The number of rotatable bonds is 4. The minimum atomic E-state index is 0.0857. The maximum absolute atomic E-state index is 13.0. The standard InChI is InChI=1S/C24H23N5O2/c1-28-13-19(22-23(25)26-14-27-24(22)28)16-6-7-20-17(12-16)8-9-29(20)21(30)11-15-4-3-5-18(10-15)31-2/h3-7,10,12-14H,8-9,11H2,1-2H3,(H2,25,26,27). The molecule has 7 heteroatoms. The molecule has 2 N–H and O–H groups in total. The van der Waals surface area contributed by atoms with Gasteiger partial charge in [-0.1, -0.05) is 18.2 Å². The lowest BCUT2D eigenvalue weighted by Gasteiger charge is -2.18. The summed E-state index contributed by atoms with van der Waals surface area (Å²) in [7, 11) is 3.58. The first kappa shape index (κ1) is 19.1. The number of benzene rings is 2. The molecule has 31 heavy (non-hydrogen) atoms. The second-order valence-corrected chi connectivity index (χ2v) is 7.78. The molecule has 7 nitrogen and oxygen atoms in total. The quantitative estimate of drug-likeness (QED) is 0.554. The first-order valence-corrected chi connectivity index (χ1v) is 10.2. The highest BCUT2D eigenvalue weighted by Crippen LogP contribution is 2.37. The predicted octanol–water partition coefficient (Wildman–Crippen LogP) is 3.36. The summed E-state index contributed by atoms with van der Waals surface area (Å²) >= 11 is 0. The Hall–Kier alpha value is -3.87. The van der Waals surface area contributed by atoms with E-state index >= 15 is 0 Å². The van der Waals surface area contributed by atoms with E-state index in [1.54, 1.807) is 7.11 Å². The number of carbonyl (C=O) groups is 1. The zero-order valence-corrected chi connectivity index (χ0v) is 17.5. The first-order chi connectivity index (χ1) is 15.0. The average molecular weight is 413 g/mol. The van der Waals surface area contributed by atoms with Crippen LogP contribution in [0.2, 0.25) is 0 Å². The Labute approximate surface area is 180 Å². The van der Waals surface area contributed by atoms with Gasteiger partial charge < -0.3 is 19.9 Å². The number of anilines is 2. The fraction of sp³-hybridized carbons (Fsp3) is 0.208. The highest BCUT2D eigenvalue weighted by molar-refractivity contribution is 6.02. The van der Waals surface area contributed by atoms with Crippen LogP contribution in [0.15, 0.2) is 55.0 Å². The molecule has 2 aromatic heterocycles. The fourth-order valence-corrected chi connectivity index (χ4v) is 4.33. The summed E-state index contributed by atoms with van der Waals surface area (Å²) in [6.45, 7) is 0.683. The van der Waals surface area contributed by atoms with Crippen molar-refractivity contribution in [1.29, 1.82) is 0 Å². The third-order valence-electron chi connectivity index (χ3n) is 5.86.